The van der Waals surface area contributed by atoms with Crippen LogP contribution in [0.5, 0.6) is 0 Å². The van der Waals surface area contributed by atoms with Gasteiger partial charge in [0.15, 0.2) is 0 Å². The molecule has 2 amide bonds. The van der Waals surface area contributed by atoms with Crippen LogP contribution in [0.2, 0.25) is 0 Å². The number of H-pyrrole nitrogens is 1. The molecule has 1 atom stereocenters. The Labute approximate surface area is 255 Å². The minimum atomic E-state index is -0.568. The zero-order chi connectivity index (χ0) is 31.1. The number of aromatic nitrogens is 6. The van der Waals surface area contributed by atoms with Crippen LogP contribution < -0.4 is 16.4 Å². The molecule has 0 radical (unpaired) electrons. The van der Waals surface area contributed by atoms with Gasteiger partial charge in [-0.25, -0.2) is 9.97 Å². The normalized spacial score (nSPS) is 17.1. The van der Waals surface area contributed by atoms with Crippen molar-refractivity contribution in [1.82, 2.24) is 30.6 Å². The van der Waals surface area contributed by atoms with Gasteiger partial charge in [0, 0.05) is 48.2 Å². The highest BCUT2D eigenvalue weighted by molar-refractivity contribution is 5.96. The standard InChI is InChI=1S/C32H37N9O3/c1-19-28(18-34-32(35-19)36-20(2)42)25-5-3-4-22(14-25)15-26(16-29(43)23-8-6-21(17-33)7-9-23)31(44)37-27-12-10-24(11-13-27)30-38-40-41-39-30/h3-5,10-14,18,21,23,26H,6-9,15-17,33H2,1-2H3,(H,37,44)(H,34,35,36,42)(H,38,39,40,41)/t21?,23?,26-/m1/s1. The van der Waals surface area contributed by atoms with E-state index in [1.54, 1.807) is 18.3 Å². The Morgan fingerprint density at radius 3 is 2.45 bits per heavy atom. The van der Waals surface area contributed by atoms with Crippen LogP contribution in [0.3, 0.4) is 0 Å². The van der Waals surface area contributed by atoms with Gasteiger partial charge < -0.3 is 11.1 Å². The largest absolute Gasteiger partial charge is 0.330 e. The molecule has 2 aromatic carbocycles. The molecule has 1 saturated carbocycles. The Morgan fingerprint density at radius 1 is 1.02 bits per heavy atom. The maximum atomic E-state index is 13.7. The molecular formula is C32H37N9O3. The average molecular weight is 596 g/mol. The molecule has 1 aliphatic carbocycles. The lowest BCUT2D eigenvalue weighted by Crippen LogP contribution is -2.31. The smallest absolute Gasteiger partial charge is 0.229 e. The fraction of sp³-hybridized carbons (Fsp3) is 0.375. The number of ketones is 1. The van der Waals surface area contributed by atoms with Crippen molar-refractivity contribution in [1.29, 1.82) is 0 Å². The topological polar surface area (TPSA) is 182 Å². The van der Waals surface area contributed by atoms with Gasteiger partial charge in [-0.2, -0.15) is 5.21 Å². The van der Waals surface area contributed by atoms with E-state index in [1.165, 1.54) is 6.92 Å². The SMILES string of the molecule is CC(=O)Nc1ncc(-c2cccc(C[C@H](CC(=O)C3CCC(CN)CC3)C(=O)Nc3ccc(-c4nn[nH]n4)cc3)c2)c(C)n1. The molecule has 1 aliphatic rings. The molecule has 12 nitrogen and oxygen atoms in total. The third-order valence-electron chi connectivity index (χ3n) is 8.20. The lowest BCUT2D eigenvalue weighted by atomic mass is 9.77. The Hall–Kier alpha value is -4.84. The lowest BCUT2D eigenvalue weighted by molar-refractivity contribution is -0.129. The van der Waals surface area contributed by atoms with Crippen LogP contribution in [0.4, 0.5) is 11.6 Å². The van der Waals surface area contributed by atoms with E-state index >= 15 is 0 Å². The average Bonchev–Trinajstić information content (AvgIpc) is 3.56. The first-order valence-electron chi connectivity index (χ1n) is 14.9. The summed E-state index contributed by atoms with van der Waals surface area (Å²) in [5.41, 5.74) is 10.6. The van der Waals surface area contributed by atoms with E-state index in [1.807, 2.05) is 43.3 Å². The first-order valence-corrected chi connectivity index (χ1v) is 14.9. The Balaban J connectivity index is 1.34. The van der Waals surface area contributed by atoms with Crippen LogP contribution in [0.15, 0.2) is 54.7 Å². The van der Waals surface area contributed by atoms with Crippen molar-refractivity contribution < 1.29 is 14.4 Å². The number of carbonyl (C=O) groups excluding carboxylic acids is 3. The first-order chi connectivity index (χ1) is 21.3. The fourth-order valence-electron chi connectivity index (χ4n) is 5.74. The molecule has 44 heavy (non-hydrogen) atoms. The number of hydrogen-bond donors (Lipinski definition) is 4. The number of aryl methyl sites for hydroxylation is 1. The minimum absolute atomic E-state index is 0.0457. The molecule has 12 heteroatoms. The number of nitrogens with zero attached hydrogens (tertiary/aromatic N) is 5. The van der Waals surface area contributed by atoms with Crippen LogP contribution in [0.1, 0.15) is 50.3 Å². The second kappa shape index (κ2) is 14.1. The van der Waals surface area contributed by atoms with E-state index in [2.05, 4.69) is 41.2 Å². The van der Waals surface area contributed by atoms with Crippen LogP contribution in [-0.2, 0) is 20.8 Å². The summed E-state index contributed by atoms with van der Waals surface area (Å²) in [6, 6.07) is 15.0. The maximum Gasteiger partial charge on any atom is 0.229 e. The third-order valence-corrected chi connectivity index (χ3v) is 8.20. The van der Waals surface area contributed by atoms with Gasteiger partial charge in [0.25, 0.3) is 0 Å². The number of rotatable bonds is 11. The third kappa shape index (κ3) is 7.75. The van der Waals surface area contributed by atoms with Gasteiger partial charge in [0.1, 0.15) is 5.78 Å². The Bertz CT molecular complexity index is 1600. The predicted octanol–water partition coefficient (Wildman–Crippen LogP) is 4.11. The first kappa shape index (κ1) is 30.6. The molecule has 2 heterocycles. The van der Waals surface area contributed by atoms with E-state index in [0.29, 0.717) is 36.1 Å². The summed E-state index contributed by atoms with van der Waals surface area (Å²) in [6.07, 6.45) is 5.74. The van der Waals surface area contributed by atoms with Gasteiger partial charge in [-0.15, -0.1) is 10.2 Å². The summed E-state index contributed by atoms with van der Waals surface area (Å²) in [6.45, 7) is 3.91. The second-order valence-electron chi connectivity index (χ2n) is 11.4. The van der Waals surface area contributed by atoms with E-state index in [9.17, 15) is 14.4 Å². The van der Waals surface area contributed by atoms with Gasteiger partial charge in [0.05, 0.1) is 5.69 Å². The van der Waals surface area contributed by atoms with E-state index in [4.69, 9.17) is 5.73 Å². The van der Waals surface area contributed by atoms with Gasteiger partial charge >= 0.3 is 0 Å². The van der Waals surface area contributed by atoms with Crippen molar-refractivity contribution in [2.45, 2.75) is 52.4 Å². The maximum absolute atomic E-state index is 13.7. The predicted molar refractivity (Wildman–Crippen MR) is 166 cm³/mol. The number of nitrogens with two attached hydrogens (primary N) is 1. The Morgan fingerprint density at radius 2 is 1.80 bits per heavy atom. The van der Waals surface area contributed by atoms with Crippen LogP contribution >= 0.6 is 0 Å². The summed E-state index contributed by atoms with van der Waals surface area (Å²) >= 11 is 0. The van der Waals surface area contributed by atoms with Crippen molar-refractivity contribution in [3.8, 4) is 22.5 Å². The van der Waals surface area contributed by atoms with Crippen molar-refractivity contribution in [3.05, 3.63) is 66.0 Å². The molecule has 4 aromatic rings. The van der Waals surface area contributed by atoms with Crippen molar-refractivity contribution in [2.75, 3.05) is 17.2 Å². The summed E-state index contributed by atoms with van der Waals surface area (Å²) in [5, 5.41) is 19.6. The molecule has 0 unspecified atom stereocenters. The summed E-state index contributed by atoms with van der Waals surface area (Å²) < 4.78 is 0. The highest BCUT2D eigenvalue weighted by Gasteiger charge is 2.30. The van der Waals surface area contributed by atoms with Gasteiger partial charge in [-0.05, 0) is 92.1 Å². The van der Waals surface area contributed by atoms with Gasteiger partial charge in [0.2, 0.25) is 23.6 Å². The lowest BCUT2D eigenvalue weighted by Gasteiger charge is -2.27. The molecule has 228 valence electrons. The molecule has 0 bridgehead atoms. The number of amides is 2. The van der Waals surface area contributed by atoms with Crippen LogP contribution in [0.25, 0.3) is 22.5 Å². The molecule has 2 aromatic heterocycles. The second-order valence-corrected chi connectivity index (χ2v) is 11.4. The zero-order valence-corrected chi connectivity index (χ0v) is 24.9. The number of tetrazole rings is 1. The number of nitrogens with one attached hydrogen (secondary N) is 3. The Kier molecular flexibility index (Phi) is 9.80. The summed E-state index contributed by atoms with van der Waals surface area (Å²) in [4.78, 5) is 47.3. The molecule has 5 N–H and O–H groups in total. The number of Topliss-reactive ketones (excluding diaryl/α,β-unsaturated/α-hetero) is 1. The van der Waals surface area contributed by atoms with Gasteiger partial charge in [-0.3, -0.25) is 19.7 Å². The number of benzene rings is 2. The summed E-state index contributed by atoms with van der Waals surface area (Å²) in [7, 11) is 0. The fourth-order valence-corrected chi connectivity index (χ4v) is 5.74. The van der Waals surface area contributed by atoms with Gasteiger partial charge in [-0.1, -0.05) is 24.3 Å². The highest BCUT2D eigenvalue weighted by atomic mass is 16.2. The van der Waals surface area contributed by atoms with E-state index in [-0.39, 0.29) is 35.9 Å². The number of carbonyl (C=O) groups is 3. The highest BCUT2D eigenvalue weighted by Crippen LogP contribution is 2.31. The summed E-state index contributed by atoms with van der Waals surface area (Å²) in [5.74, 6) is 0.228. The van der Waals surface area contributed by atoms with Crippen molar-refractivity contribution >= 4 is 29.2 Å². The minimum Gasteiger partial charge on any atom is -0.330 e. The molecule has 0 spiro atoms. The van der Waals surface area contributed by atoms with Crippen molar-refractivity contribution in [2.24, 2.45) is 23.5 Å². The molecule has 0 aliphatic heterocycles. The molecule has 0 saturated heterocycles. The molecular weight excluding hydrogens is 558 g/mol. The van der Waals surface area contributed by atoms with Crippen LogP contribution in [-0.4, -0.2) is 54.7 Å². The number of hydrogen-bond acceptors (Lipinski definition) is 9. The van der Waals surface area contributed by atoms with E-state index in [0.717, 1.165) is 47.9 Å². The van der Waals surface area contributed by atoms with E-state index < -0.39 is 5.92 Å². The molecule has 1 fully saturated rings. The van der Waals surface area contributed by atoms with Crippen LogP contribution in [0, 0.1) is 24.7 Å². The molecule has 5 rings (SSSR count). The zero-order valence-electron chi connectivity index (χ0n) is 24.9. The van der Waals surface area contributed by atoms with Crippen molar-refractivity contribution in [3.63, 3.8) is 0 Å². The number of aromatic amines is 1. The monoisotopic (exact) mass is 595 g/mol. The number of anilines is 2. The quantitative estimate of drug-likeness (QED) is 0.198.